The molecule has 1 atom stereocenters. The number of nitrogens with zero attached hydrogens (tertiary/aromatic N) is 1. The predicted octanol–water partition coefficient (Wildman–Crippen LogP) is 0.467. The van der Waals surface area contributed by atoms with Crippen LogP contribution in [0.25, 0.3) is 0 Å². The van der Waals surface area contributed by atoms with Gasteiger partial charge in [-0.2, -0.15) is 0 Å². The maximum absolute atomic E-state index is 10.6. The highest BCUT2D eigenvalue weighted by Gasteiger charge is 2.18. The van der Waals surface area contributed by atoms with Crippen molar-refractivity contribution in [1.29, 1.82) is 0 Å². The van der Waals surface area contributed by atoms with Crippen LogP contribution in [-0.2, 0) is 11.2 Å². The number of nitrogens with one attached hydrogen (secondary N) is 1. The summed E-state index contributed by atoms with van der Waals surface area (Å²) in [5, 5.41) is 3.12. The minimum Gasteiger partial charge on any atom is -0.304 e. The number of pyridine rings is 1. The van der Waals surface area contributed by atoms with Crippen LogP contribution in [0.15, 0.2) is 18.3 Å². The second kappa shape index (κ2) is 3.03. The first kappa shape index (κ1) is 7.43. The highest BCUT2D eigenvalue weighted by atomic mass is 16.1. The molecule has 1 N–H and O–H groups in total. The van der Waals surface area contributed by atoms with Crippen LogP contribution in [-0.4, -0.2) is 17.8 Å². The van der Waals surface area contributed by atoms with Crippen molar-refractivity contribution >= 4 is 6.29 Å². The van der Waals surface area contributed by atoms with Crippen LogP contribution in [0.4, 0.5) is 0 Å². The number of carbonyl (C=O) groups excluding carboxylic acids is 1. The van der Waals surface area contributed by atoms with Crippen molar-refractivity contribution in [3.63, 3.8) is 0 Å². The zero-order chi connectivity index (χ0) is 8.39. The van der Waals surface area contributed by atoms with E-state index < -0.39 is 0 Å². The Bertz CT molecular complexity index is 298. The molecule has 12 heavy (non-hydrogen) atoms. The van der Waals surface area contributed by atoms with Gasteiger partial charge in [-0.15, -0.1) is 0 Å². The third-order valence-corrected chi connectivity index (χ3v) is 2.12. The Morgan fingerprint density at radius 2 is 2.58 bits per heavy atom. The van der Waals surface area contributed by atoms with E-state index in [0.29, 0.717) is 0 Å². The lowest BCUT2D eigenvalue weighted by molar-refractivity contribution is -0.109. The Hall–Kier alpha value is -1.22. The Labute approximate surface area is 70.8 Å². The van der Waals surface area contributed by atoms with Gasteiger partial charge >= 0.3 is 0 Å². The highest BCUT2D eigenvalue weighted by molar-refractivity contribution is 5.62. The van der Waals surface area contributed by atoms with Crippen molar-refractivity contribution in [3.05, 3.63) is 29.6 Å². The predicted molar refractivity (Wildman–Crippen MR) is 44.7 cm³/mol. The first-order chi connectivity index (χ1) is 5.92. The number of aldehydes is 1. The van der Waals surface area contributed by atoms with Crippen LogP contribution in [0.2, 0.25) is 0 Å². The molecule has 62 valence electrons. The van der Waals surface area contributed by atoms with E-state index in [1.807, 2.05) is 12.1 Å². The van der Waals surface area contributed by atoms with Crippen molar-refractivity contribution in [1.82, 2.24) is 10.3 Å². The summed E-state index contributed by atoms with van der Waals surface area (Å²) in [5.74, 6) is 0. The fourth-order valence-electron chi connectivity index (χ4n) is 1.52. The van der Waals surface area contributed by atoms with Gasteiger partial charge in [0.2, 0.25) is 0 Å². The number of fused-ring (bicyclic) bond motifs is 1. The number of carbonyl (C=O) groups is 1. The van der Waals surface area contributed by atoms with Gasteiger partial charge < -0.3 is 10.1 Å². The Morgan fingerprint density at radius 3 is 3.42 bits per heavy atom. The molecule has 3 nitrogen and oxygen atoms in total. The molecular weight excluding hydrogens is 152 g/mol. The summed E-state index contributed by atoms with van der Waals surface area (Å²) in [6.07, 6.45) is 3.62. The van der Waals surface area contributed by atoms with Crippen LogP contribution < -0.4 is 5.32 Å². The summed E-state index contributed by atoms with van der Waals surface area (Å²) in [6, 6.07) is 3.66. The minimum atomic E-state index is -0.151. The van der Waals surface area contributed by atoms with Crippen LogP contribution >= 0.6 is 0 Å². The highest BCUT2D eigenvalue weighted by Crippen LogP contribution is 2.18. The normalized spacial score (nSPS) is 21.5. The molecule has 1 aliphatic rings. The fourth-order valence-corrected chi connectivity index (χ4v) is 1.52. The average molecular weight is 162 g/mol. The molecule has 0 bridgehead atoms. The molecule has 0 saturated carbocycles. The van der Waals surface area contributed by atoms with Crippen LogP contribution in [0.5, 0.6) is 0 Å². The fraction of sp³-hybridized carbons (Fsp3) is 0.333. The van der Waals surface area contributed by atoms with Crippen LogP contribution in [0.1, 0.15) is 17.3 Å². The van der Waals surface area contributed by atoms with Crippen molar-refractivity contribution < 1.29 is 4.79 Å². The SMILES string of the molecule is O=CC1NCCc2ncccc21. The van der Waals surface area contributed by atoms with Gasteiger partial charge in [-0.1, -0.05) is 6.07 Å². The molecule has 2 heterocycles. The molecule has 0 radical (unpaired) electrons. The lowest BCUT2D eigenvalue weighted by Gasteiger charge is -2.21. The lowest BCUT2D eigenvalue weighted by atomic mass is 10.0. The van der Waals surface area contributed by atoms with Crippen molar-refractivity contribution in [2.24, 2.45) is 0 Å². The zero-order valence-electron chi connectivity index (χ0n) is 6.66. The molecule has 0 saturated heterocycles. The first-order valence-electron chi connectivity index (χ1n) is 4.04. The summed E-state index contributed by atoms with van der Waals surface area (Å²) < 4.78 is 0. The molecule has 1 aromatic rings. The average Bonchev–Trinajstić information content (AvgIpc) is 2.17. The molecule has 0 spiro atoms. The van der Waals surface area contributed by atoms with Gasteiger partial charge in [-0.3, -0.25) is 4.98 Å². The Kier molecular flexibility index (Phi) is 1.87. The van der Waals surface area contributed by atoms with E-state index in [1.165, 1.54) is 0 Å². The van der Waals surface area contributed by atoms with E-state index in [4.69, 9.17) is 0 Å². The van der Waals surface area contributed by atoms with E-state index in [-0.39, 0.29) is 6.04 Å². The summed E-state index contributed by atoms with van der Waals surface area (Å²) in [5.41, 5.74) is 2.08. The van der Waals surface area contributed by atoms with E-state index in [2.05, 4.69) is 10.3 Å². The maximum atomic E-state index is 10.6. The third-order valence-electron chi connectivity index (χ3n) is 2.12. The number of hydrogen-bond acceptors (Lipinski definition) is 3. The second-order valence-corrected chi connectivity index (χ2v) is 2.86. The quantitative estimate of drug-likeness (QED) is 0.610. The molecule has 3 heteroatoms. The van der Waals surface area contributed by atoms with Gasteiger partial charge in [0.05, 0.1) is 6.04 Å². The summed E-state index contributed by atoms with van der Waals surface area (Å²) in [7, 11) is 0. The minimum absolute atomic E-state index is 0.151. The number of rotatable bonds is 1. The van der Waals surface area contributed by atoms with E-state index >= 15 is 0 Å². The smallest absolute Gasteiger partial charge is 0.141 e. The van der Waals surface area contributed by atoms with Gasteiger partial charge in [0.15, 0.2) is 0 Å². The molecule has 1 aliphatic heterocycles. The second-order valence-electron chi connectivity index (χ2n) is 2.86. The van der Waals surface area contributed by atoms with Gasteiger partial charge in [-0.25, -0.2) is 0 Å². The molecule has 0 aromatic carbocycles. The number of aromatic nitrogens is 1. The Balaban J connectivity index is 2.43. The molecule has 0 amide bonds. The van der Waals surface area contributed by atoms with Crippen molar-refractivity contribution in [2.75, 3.05) is 6.54 Å². The van der Waals surface area contributed by atoms with E-state index in [9.17, 15) is 4.79 Å². The third kappa shape index (κ3) is 1.12. The van der Waals surface area contributed by atoms with Gasteiger partial charge in [0, 0.05) is 24.9 Å². The van der Waals surface area contributed by atoms with E-state index in [0.717, 1.165) is 30.5 Å². The lowest BCUT2D eigenvalue weighted by Crippen LogP contribution is -2.31. The molecule has 1 aromatic heterocycles. The van der Waals surface area contributed by atoms with Gasteiger partial charge in [0.1, 0.15) is 6.29 Å². The number of hydrogen-bond donors (Lipinski definition) is 1. The molecule has 0 fully saturated rings. The van der Waals surface area contributed by atoms with Crippen molar-refractivity contribution in [3.8, 4) is 0 Å². The molecule has 2 rings (SSSR count). The van der Waals surface area contributed by atoms with Crippen LogP contribution in [0.3, 0.4) is 0 Å². The van der Waals surface area contributed by atoms with Crippen LogP contribution in [0, 0.1) is 0 Å². The molecular formula is C9H10N2O. The first-order valence-corrected chi connectivity index (χ1v) is 4.04. The summed E-state index contributed by atoms with van der Waals surface area (Å²) >= 11 is 0. The molecule has 0 aliphatic carbocycles. The van der Waals surface area contributed by atoms with Gasteiger partial charge in [0.25, 0.3) is 0 Å². The van der Waals surface area contributed by atoms with E-state index in [1.54, 1.807) is 6.20 Å². The Morgan fingerprint density at radius 1 is 1.67 bits per heavy atom. The topological polar surface area (TPSA) is 42.0 Å². The van der Waals surface area contributed by atoms with Gasteiger partial charge in [-0.05, 0) is 11.6 Å². The monoisotopic (exact) mass is 162 g/mol. The summed E-state index contributed by atoms with van der Waals surface area (Å²) in [6.45, 7) is 0.841. The van der Waals surface area contributed by atoms with Crippen molar-refractivity contribution in [2.45, 2.75) is 12.5 Å². The maximum Gasteiger partial charge on any atom is 0.141 e. The summed E-state index contributed by atoms with van der Waals surface area (Å²) in [4.78, 5) is 14.9. The standard InChI is InChI=1S/C9H10N2O/c12-6-9-7-2-1-4-10-8(7)3-5-11-9/h1-2,4,6,9,11H,3,5H2. The zero-order valence-corrected chi connectivity index (χ0v) is 6.66. The molecule has 1 unspecified atom stereocenters. The largest absolute Gasteiger partial charge is 0.304 e.